The van der Waals surface area contributed by atoms with E-state index in [1.54, 1.807) is 57.4 Å². The van der Waals surface area contributed by atoms with Gasteiger partial charge < -0.3 is 15.0 Å². The molecule has 2 aromatic rings. The first-order valence-corrected chi connectivity index (χ1v) is 8.15. The van der Waals surface area contributed by atoms with Gasteiger partial charge in [-0.15, -0.1) is 0 Å². The van der Waals surface area contributed by atoms with Crippen molar-refractivity contribution in [3.8, 4) is 11.8 Å². The summed E-state index contributed by atoms with van der Waals surface area (Å²) in [6.45, 7) is 1.86. The number of amides is 2. The van der Waals surface area contributed by atoms with Crippen molar-refractivity contribution in [2.75, 3.05) is 14.1 Å². The standard InChI is InChI=1S/C20H21N3O3/c1-14(20(25)23(2)3)22-19(24)15-9-6-10-18(11-15)26-13-17-8-5-4-7-16(17)12-21/h4-11,14H,13H2,1-3H3,(H,22,24)/t14-/m1/s1. The van der Waals surface area contributed by atoms with Crippen LogP contribution in [0.25, 0.3) is 0 Å². The van der Waals surface area contributed by atoms with E-state index in [1.807, 2.05) is 12.1 Å². The minimum atomic E-state index is -0.621. The van der Waals surface area contributed by atoms with Gasteiger partial charge in [0.2, 0.25) is 5.91 Å². The Morgan fingerprint density at radius 3 is 2.62 bits per heavy atom. The Hall–Kier alpha value is -3.33. The lowest BCUT2D eigenvalue weighted by Crippen LogP contribution is -2.44. The van der Waals surface area contributed by atoms with Crippen LogP contribution in [0.2, 0.25) is 0 Å². The lowest BCUT2D eigenvalue weighted by atomic mass is 10.1. The van der Waals surface area contributed by atoms with Crippen molar-refractivity contribution < 1.29 is 14.3 Å². The molecule has 0 bridgehead atoms. The molecule has 134 valence electrons. The van der Waals surface area contributed by atoms with Gasteiger partial charge in [0.05, 0.1) is 11.6 Å². The largest absolute Gasteiger partial charge is 0.489 e. The Labute approximate surface area is 153 Å². The molecule has 1 N–H and O–H groups in total. The molecule has 0 aliphatic carbocycles. The van der Waals surface area contributed by atoms with Crippen molar-refractivity contribution in [3.05, 3.63) is 65.2 Å². The zero-order valence-corrected chi connectivity index (χ0v) is 15.0. The average Bonchev–Trinajstić information content (AvgIpc) is 2.65. The molecule has 0 aliphatic heterocycles. The predicted octanol–water partition coefficient (Wildman–Crippen LogP) is 2.34. The summed E-state index contributed by atoms with van der Waals surface area (Å²) < 4.78 is 5.71. The van der Waals surface area contributed by atoms with E-state index in [2.05, 4.69) is 11.4 Å². The van der Waals surface area contributed by atoms with Crippen LogP contribution in [0.5, 0.6) is 5.75 Å². The van der Waals surface area contributed by atoms with Crippen LogP contribution in [0, 0.1) is 11.3 Å². The average molecular weight is 351 g/mol. The molecule has 0 aliphatic rings. The summed E-state index contributed by atoms with van der Waals surface area (Å²) in [5, 5.41) is 11.8. The van der Waals surface area contributed by atoms with E-state index < -0.39 is 6.04 Å². The normalized spacial score (nSPS) is 11.2. The molecule has 1 atom stereocenters. The van der Waals surface area contributed by atoms with E-state index in [0.29, 0.717) is 16.9 Å². The molecular formula is C20H21N3O3. The fourth-order valence-electron chi connectivity index (χ4n) is 2.37. The molecule has 26 heavy (non-hydrogen) atoms. The molecule has 2 rings (SSSR count). The molecule has 0 heterocycles. The van der Waals surface area contributed by atoms with Crippen LogP contribution >= 0.6 is 0 Å². The molecule has 0 spiro atoms. The summed E-state index contributed by atoms with van der Waals surface area (Å²) in [5.41, 5.74) is 1.72. The molecule has 2 aromatic carbocycles. The van der Waals surface area contributed by atoms with E-state index in [-0.39, 0.29) is 18.4 Å². The van der Waals surface area contributed by atoms with Crippen molar-refractivity contribution in [2.24, 2.45) is 0 Å². The van der Waals surface area contributed by atoms with Crippen LogP contribution in [0.4, 0.5) is 0 Å². The fraction of sp³-hybridized carbons (Fsp3) is 0.250. The highest BCUT2D eigenvalue weighted by atomic mass is 16.5. The molecule has 0 unspecified atom stereocenters. The number of nitriles is 1. The summed E-state index contributed by atoms with van der Waals surface area (Å²) in [6, 6.07) is 15.4. The Bertz CT molecular complexity index is 840. The van der Waals surface area contributed by atoms with Gasteiger partial charge in [-0.3, -0.25) is 9.59 Å². The van der Waals surface area contributed by atoms with Crippen molar-refractivity contribution in [2.45, 2.75) is 19.6 Å². The van der Waals surface area contributed by atoms with Crippen molar-refractivity contribution in [1.29, 1.82) is 5.26 Å². The maximum atomic E-state index is 12.3. The van der Waals surface area contributed by atoms with Gasteiger partial charge in [-0.05, 0) is 31.2 Å². The van der Waals surface area contributed by atoms with Gasteiger partial charge >= 0.3 is 0 Å². The SMILES string of the molecule is C[C@@H](NC(=O)c1cccc(OCc2ccccc2C#N)c1)C(=O)N(C)C. The maximum Gasteiger partial charge on any atom is 0.252 e. The Kier molecular flexibility index (Phi) is 6.34. The lowest BCUT2D eigenvalue weighted by Gasteiger charge is -2.18. The summed E-state index contributed by atoms with van der Waals surface area (Å²) in [7, 11) is 3.27. The second-order valence-electron chi connectivity index (χ2n) is 6.01. The number of rotatable bonds is 6. The van der Waals surface area contributed by atoms with Crippen LogP contribution in [0.15, 0.2) is 48.5 Å². The number of nitrogens with zero attached hydrogens (tertiary/aromatic N) is 2. The summed E-state index contributed by atoms with van der Waals surface area (Å²) >= 11 is 0. The molecule has 0 fully saturated rings. The number of likely N-dealkylation sites (N-methyl/N-ethyl adjacent to an activating group) is 1. The Morgan fingerprint density at radius 2 is 1.92 bits per heavy atom. The third-order valence-electron chi connectivity index (χ3n) is 3.79. The second kappa shape index (κ2) is 8.67. The number of hydrogen-bond acceptors (Lipinski definition) is 4. The Morgan fingerprint density at radius 1 is 1.19 bits per heavy atom. The monoisotopic (exact) mass is 351 g/mol. The minimum Gasteiger partial charge on any atom is -0.489 e. The van der Waals surface area contributed by atoms with Crippen molar-refractivity contribution in [1.82, 2.24) is 10.2 Å². The van der Waals surface area contributed by atoms with Crippen LogP contribution in [0.1, 0.15) is 28.4 Å². The first-order chi connectivity index (χ1) is 12.4. The summed E-state index contributed by atoms with van der Waals surface area (Å²) in [5.74, 6) is -0.0218. The minimum absolute atomic E-state index is 0.182. The van der Waals surface area contributed by atoms with Crippen LogP contribution < -0.4 is 10.1 Å². The highest BCUT2D eigenvalue weighted by molar-refractivity contribution is 5.97. The molecule has 6 heteroatoms. The number of nitrogens with one attached hydrogen (secondary N) is 1. The molecule has 0 saturated heterocycles. The quantitative estimate of drug-likeness (QED) is 0.866. The zero-order valence-electron chi connectivity index (χ0n) is 15.0. The van der Waals surface area contributed by atoms with Gasteiger partial charge in [0.25, 0.3) is 5.91 Å². The lowest BCUT2D eigenvalue weighted by molar-refractivity contribution is -0.130. The fourth-order valence-corrected chi connectivity index (χ4v) is 2.37. The zero-order chi connectivity index (χ0) is 19.1. The second-order valence-corrected chi connectivity index (χ2v) is 6.01. The predicted molar refractivity (Wildman–Crippen MR) is 97.6 cm³/mol. The first-order valence-electron chi connectivity index (χ1n) is 8.15. The first kappa shape index (κ1) is 19.0. The van der Waals surface area contributed by atoms with Crippen LogP contribution in [0.3, 0.4) is 0 Å². The van der Waals surface area contributed by atoms with Gasteiger partial charge in [-0.25, -0.2) is 0 Å². The number of hydrogen-bond donors (Lipinski definition) is 1. The molecular weight excluding hydrogens is 330 g/mol. The van der Waals surface area contributed by atoms with Gasteiger partial charge in [0.1, 0.15) is 18.4 Å². The molecule has 6 nitrogen and oxygen atoms in total. The summed E-state index contributed by atoms with van der Waals surface area (Å²) in [4.78, 5) is 25.6. The maximum absolute atomic E-state index is 12.3. The third kappa shape index (κ3) is 4.84. The smallest absolute Gasteiger partial charge is 0.252 e. The molecule has 0 radical (unpaired) electrons. The van der Waals surface area contributed by atoms with E-state index in [1.165, 1.54) is 4.90 Å². The van der Waals surface area contributed by atoms with E-state index in [9.17, 15) is 9.59 Å². The molecule has 0 aromatic heterocycles. The highest BCUT2D eigenvalue weighted by Gasteiger charge is 2.18. The highest BCUT2D eigenvalue weighted by Crippen LogP contribution is 2.17. The van der Waals surface area contributed by atoms with Crippen LogP contribution in [-0.2, 0) is 11.4 Å². The van der Waals surface area contributed by atoms with Crippen molar-refractivity contribution in [3.63, 3.8) is 0 Å². The third-order valence-corrected chi connectivity index (χ3v) is 3.79. The van der Waals surface area contributed by atoms with Crippen LogP contribution in [-0.4, -0.2) is 36.9 Å². The van der Waals surface area contributed by atoms with Gasteiger partial charge in [0.15, 0.2) is 0 Å². The number of ether oxygens (including phenoxy) is 1. The van der Waals surface area contributed by atoms with Gasteiger partial charge in [-0.2, -0.15) is 5.26 Å². The van der Waals surface area contributed by atoms with Gasteiger partial charge in [-0.1, -0.05) is 24.3 Å². The number of carbonyl (C=O) groups is 2. The van der Waals surface area contributed by atoms with E-state index in [0.717, 1.165) is 5.56 Å². The molecule has 2 amide bonds. The molecule has 0 saturated carbocycles. The van der Waals surface area contributed by atoms with Crippen molar-refractivity contribution >= 4 is 11.8 Å². The Balaban J connectivity index is 2.04. The van der Waals surface area contributed by atoms with E-state index in [4.69, 9.17) is 10.00 Å². The summed E-state index contributed by atoms with van der Waals surface area (Å²) in [6.07, 6.45) is 0. The number of benzene rings is 2. The number of carbonyl (C=O) groups excluding carboxylic acids is 2. The van der Waals surface area contributed by atoms with Gasteiger partial charge in [0, 0.05) is 25.2 Å². The topological polar surface area (TPSA) is 82.4 Å². The van der Waals surface area contributed by atoms with E-state index >= 15 is 0 Å².